The molecule has 0 heterocycles. The molecule has 0 spiro atoms. The van der Waals surface area contributed by atoms with Gasteiger partial charge in [0.1, 0.15) is 6.61 Å². The first-order valence-electron chi connectivity index (χ1n) is 3.58. The van der Waals surface area contributed by atoms with E-state index in [9.17, 15) is 9.59 Å². The highest BCUT2D eigenvalue weighted by Crippen LogP contribution is 1.94. The standard InChI is InChI=1S/C7H12O5/c1-3-11-7(10)5(2)12-6(9)4-8/h5,8H,3-4H2,1-2H3. The molecule has 1 atom stereocenters. The van der Waals surface area contributed by atoms with Crippen LogP contribution in [0.5, 0.6) is 0 Å². The van der Waals surface area contributed by atoms with Gasteiger partial charge in [-0.05, 0) is 13.8 Å². The number of aliphatic hydroxyl groups is 1. The maximum absolute atomic E-state index is 10.8. The van der Waals surface area contributed by atoms with Gasteiger partial charge in [0.15, 0.2) is 6.10 Å². The summed E-state index contributed by atoms with van der Waals surface area (Å²) in [6.45, 7) is 2.54. The zero-order chi connectivity index (χ0) is 9.56. The number of hydrogen-bond acceptors (Lipinski definition) is 5. The van der Waals surface area contributed by atoms with E-state index in [0.29, 0.717) is 0 Å². The average molecular weight is 176 g/mol. The number of esters is 2. The van der Waals surface area contributed by atoms with Crippen molar-refractivity contribution in [3.8, 4) is 0 Å². The van der Waals surface area contributed by atoms with Gasteiger partial charge in [0.25, 0.3) is 0 Å². The van der Waals surface area contributed by atoms with Gasteiger partial charge in [-0.3, -0.25) is 0 Å². The SMILES string of the molecule is CCOC(=O)C(C)OC(=O)CO. The molecule has 0 aliphatic heterocycles. The summed E-state index contributed by atoms with van der Waals surface area (Å²) in [5, 5.41) is 8.27. The molecule has 0 saturated carbocycles. The van der Waals surface area contributed by atoms with Crippen molar-refractivity contribution >= 4 is 11.9 Å². The number of rotatable bonds is 4. The third-order valence-electron chi connectivity index (χ3n) is 1.06. The van der Waals surface area contributed by atoms with Gasteiger partial charge in [-0.1, -0.05) is 0 Å². The fourth-order valence-electron chi connectivity index (χ4n) is 0.542. The summed E-state index contributed by atoms with van der Waals surface area (Å²) in [5.74, 6) is -1.45. The van der Waals surface area contributed by atoms with Crippen molar-refractivity contribution in [2.75, 3.05) is 13.2 Å². The Labute approximate surface area is 70.3 Å². The van der Waals surface area contributed by atoms with Crippen LogP contribution in [0.25, 0.3) is 0 Å². The molecule has 0 aliphatic carbocycles. The molecule has 5 nitrogen and oxygen atoms in total. The summed E-state index contributed by atoms with van der Waals surface area (Å²) in [6.07, 6.45) is -0.954. The Morgan fingerprint density at radius 3 is 2.50 bits per heavy atom. The van der Waals surface area contributed by atoms with Gasteiger partial charge in [0, 0.05) is 0 Å². The molecular formula is C7H12O5. The van der Waals surface area contributed by atoms with E-state index < -0.39 is 24.6 Å². The maximum Gasteiger partial charge on any atom is 0.347 e. The molecule has 0 radical (unpaired) electrons. The average Bonchev–Trinajstić information content (AvgIpc) is 2.04. The molecule has 0 rings (SSSR count). The Morgan fingerprint density at radius 1 is 1.50 bits per heavy atom. The minimum absolute atomic E-state index is 0.236. The smallest absolute Gasteiger partial charge is 0.347 e. The number of carbonyl (C=O) groups is 2. The van der Waals surface area contributed by atoms with Crippen LogP contribution >= 0.6 is 0 Å². The van der Waals surface area contributed by atoms with Crippen LogP contribution in [0, 0.1) is 0 Å². The van der Waals surface area contributed by atoms with Crippen LogP contribution in [-0.2, 0) is 19.1 Å². The third kappa shape index (κ3) is 3.92. The van der Waals surface area contributed by atoms with Crippen molar-refractivity contribution in [3.63, 3.8) is 0 Å². The largest absolute Gasteiger partial charge is 0.463 e. The highest BCUT2D eigenvalue weighted by molar-refractivity contribution is 5.79. The highest BCUT2D eigenvalue weighted by atomic mass is 16.6. The van der Waals surface area contributed by atoms with Gasteiger partial charge < -0.3 is 14.6 Å². The molecule has 0 aromatic heterocycles. The fraction of sp³-hybridized carbons (Fsp3) is 0.714. The quantitative estimate of drug-likeness (QED) is 0.583. The van der Waals surface area contributed by atoms with E-state index in [1.807, 2.05) is 0 Å². The van der Waals surface area contributed by atoms with Crippen molar-refractivity contribution in [3.05, 3.63) is 0 Å². The molecule has 0 aliphatic rings. The Balaban J connectivity index is 3.78. The minimum atomic E-state index is -0.954. The molecule has 0 bridgehead atoms. The summed E-state index contributed by atoms with van der Waals surface area (Å²) < 4.78 is 9.00. The van der Waals surface area contributed by atoms with E-state index in [0.717, 1.165) is 0 Å². The van der Waals surface area contributed by atoms with Gasteiger partial charge in [0.2, 0.25) is 0 Å². The lowest BCUT2D eigenvalue weighted by molar-refractivity contribution is -0.167. The van der Waals surface area contributed by atoms with E-state index in [4.69, 9.17) is 5.11 Å². The lowest BCUT2D eigenvalue weighted by Crippen LogP contribution is -2.27. The highest BCUT2D eigenvalue weighted by Gasteiger charge is 2.17. The molecule has 0 aromatic carbocycles. The van der Waals surface area contributed by atoms with Gasteiger partial charge in [-0.15, -0.1) is 0 Å². The van der Waals surface area contributed by atoms with Crippen LogP contribution < -0.4 is 0 Å². The fourth-order valence-corrected chi connectivity index (χ4v) is 0.542. The van der Waals surface area contributed by atoms with Crippen molar-refractivity contribution in [2.24, 2.45) is 0 Å². The first kappa shape index (κ1) is 10.9. The molecule has 0 saturated heterocycles. The molecule has 12 heavy (non-hydrogen) atoms. The zero-order valence-corrected chi connectivity index (χ0v) is 7.07. The first-order chi connectivity index (χ1) is 5.61. The lowest BCUT2D eigenvalue weighted by Gasteiger charge is -2.10. The van der Waals surface area contributed by atoms with Crippen molar-refractivity contribution < 1.29 is 24.2 Å². The molecule has 0 amide bonds. The number of carbonyl (C=O) groups excluding carboxylic acids is 2. The molecular weight excluding hydrogens is 164 g/mol. The van der Waals surface area contributed by atoms with Crippen molar-refractivity contribution in [1.82, 2.24) is 0 Å². The lowest BCUT2D eigenvalue weighted by atomic mass is 10.4. The summed E-state index contributed by atoms with van der Waals surface area (Å²) in [5.41, 5.74) is 0. The van der Waals surface area contributed by atoms with Gasteiger partial charge in [-0.25, -0.2) is 9.59 Å². The van der Waals surface area contributed by atoms with Crippen LogP contribution in [0.3, 0.4) is 0 Å². The summed E-state index contributed by atoms with van der Waals surface area (Å²) >= 11 is 0. The maximum atomic E-state index is 10.8. The number of hydrogen-bond donors (Lipinski definition) is 1. The van der Waals surface area contributed by atoms with Gasteiger partial charge in [0.05, 0.1) is 6.61 Å². The predicted octanol–water partition coefficient (Wildman–Crippen LogP) is -0.527. The van der Waals surface area contributed by atoms with Crippen molar-refractivity contribution in [2.45, 2.75) is 20.0 Å². The minimum Gasteiger partial charge on any atom is -0.463 e. The number of aliphatic hydroxyl groups excluding tert-OH is 1. The van der Waals surface area contributed by atoms with Crippen LogP contribution in [0.4, 0.5) is 0 Å². The normalized spacial score (nSPS) is 11.9. The van der Waals surface area contributed by atoms with Crippen molar-refractivity contribution in [1.29, 1.82) is 0 Å². The predicted molar refractivity (Wildman–Crippen MR) is 39.3 cm³/mol. The molecule has 1 N–H and O–H groups in total. The van der Waals surface area contributed by atoms with Gasteiger partial charge in [-0.2, -0.15) is 0 Å². The third-order valence-corrected chi connectivity index (χ3v) is 1.06. The topological polar surface area (TPSA) is 72.8 Å². The summed E-state index contributed by atoms with van der Waals surface area (Å²) in [4.78, 5) is 21.3. The second-order valence-electron chi connectivity index (χ2n) is 2.04. The van der Waals surface area contributed by atoms with E-state index >= 15 is 0 Å². The molecule has 70 valence electrons. The van der Waals surface area contributed by atoms with Crippen LogP contribution in [0.2, 0.25) is 0 Å². The summed E-state index contributed by atoms with van der Waals surface area (Å²) in [6, 6.07) is 0. The first-order valence-corrected chi connectivity index (χ1v) is 3.58. The van der Waals surface area contributed by atoms with Gasteiger partial charge >= 0.3 is 11.9 Å². The van der Waals surface area contributed by atoms with Crippen LogP contribution in [0.1, 0.15) is 13.8 Å². The Hall–Kier alpha value is -1.10. The van der Waals surface area contributed by atoms with E-state index in [1.165, 1.54) is 6.92 Å². The van der Waals surface area contributed by atoms with E-state index in [2.05, 4.69) is 9.47 Å². The second-order valence-corrected chi connectivity index (χ2v) is 2.04. The Morgan fingerprint density at radius 2 is 2.08 bits per heavy atom. The zero-order valence-electron chi connectivity index (χ0n) is 7.07. The monoisotopic (exact) mass is 176 g/mol. The molecule has 5 heteroatoms. The molecule has 0 fully saturated rings. The molecule has 1 unspecified atom stereocenters. The van der Waals surface area contributed by atoms with E-state index in [1.54, 1.807) is 6.92 Å². The van der Waals surface area contributed by atoms with E-state index in [-0.39, 0.29) is 6.61 Å². The van der Waals surface area contributed by atoms with Crippen LogP contribution in [-0.4, -0.2) is 36.4 Å². The Kier molecular flexibility index (Phi) is 5.03. The number of ether oxygens (including phenoxy) is 2. The molecule has 0 aromatic rings. The van der Waals surface area contributed by atoms with Crippen LogP contribution in [0.15, 0.2) is 0 Å². The second kappa shape index (κ2) is 5.54. The summed E-state index contributed by atoms with van der Waals surface area (Å²) in [7, 11) is 0. The Bertz CT molecular complexity index is 165.